The lowest BCUT2D eigenvalue weighted by Crippen LogP contribution is -2.46. The Morgan fingerprint density at radius 2 is 1.89 bits per heavy atom. The lowest BCUT2D eigenvalue weighted by molar-refractivity contribution is -0.0713. The molecule has 0 radical (unpaired) electrons. The lowest BCUT2D eigenvalue weighted by Gasteiger charge is -2.38. The molecule has 8 heteroatoms. The summed E-state index contributed by atoms with van der Waals surface area (Å²) in [5.41, 5.74) is 0.578. The van der Waals surface area contributed by atoms with Crippen LogP contribution in [0.1, 0.15) is 29.2 Å². The number of fused-ring (bicyclic) bond motifs is 2. The molecule has 1 N–H and O–H groups in total. The summed E-state index contributed by atoms with van der Waals surface area (Å²) in [6.45, 7) is 1.77. The third-order valence-electron chi connectivity index (χ3n) is 5.24. The molecule has 1 fully saturated rings. The number of ether oxygens (including phenoxy) is 2. The molecule has 2 unspecified atom stereocenters. The smallest absolute Gasteiger partial charge is 0.231 e. The van der Waals surface area contributed by atoms with Crippen LogP contribution >= 0.6 is 35.8 Å². The first kappa shape index (κ1) is 19.7. The topological polar surface area (TPSA) is 54.3 Å². The van der Waals surface area contributed by atoms with E-state index < -0.39 is 5.72 Å². The quantitative estimate of drug-likeness (QED) is 0.743. The van der Waals surface area contributed by atoms with Crippen molar-refractivity contribution in [2.24, 2.45) is 4.99 Å². The first-order chi connectivity index (χ1) is 13.2. The Bertz CT molecular complexity index is 909. The largest absolute Gasteiger partial charge is 0.454 e. The summed E-state index contributed by atoms with van der Waals surface area (Å²) in [6, 6.07) is 13.4. The molecule has 0 amide bonds. The maximum Gasteiger partial charge on any atom is 0.231 e. The highest BCUT2D eigenvalue weighted by Crippen LogP contribution is 2.55. The van der Waals surface area contributed by atoms with E-state index in [0.29, 0.717) is 16.5 Å². The van der Waals surface area contributed by atoms with Gasteiger partial charge in [-0.3, -0.25) is 4.99 Å². The second kappa shape index (κ2) is 7.67. The van der Waals surface area contributed by atoms with Gasteiger partial charge in [0.15, 0.2) is 22.4 Å². The summed E-state index contributed by atoms with van der Waals surface area (Å²) >= 11 is 7.69. The zero-order valence-corrected chi connectivity index (χ0v) is 17.4. The normalized spacial score (nSPS) is 25.6. The van der Waals surface area contributed by atoms with E-state index in [1.165, 1.54) is 0 Å². The van der Waals surface area contributed by atoms with Crippen molar-refractivity contribution in [3.8, 4) is 11.5 Å². The molecule has 148 valence electrons. The van der Waals surface area contributed by atoms with Crippen LogP contribution in [-0.4, -0.2) is 35.1 Å². The molecular formula is C20H20Cl2N2O3S. The average molecular weight is 439 g/mol. The van der Waals surface area contributed by atoms with E-state index >= 15 is 0 Å². The van der Waals surface area contributed by atoms with Crippen LogP contribution in [0.2, 0.25) is 5.02 Å². The van der Waals surface area contributed by atoms with Gasteiger partial charge in [0, 0.05) is 23.7 Å². The summed E-state index contributed by atoms with van der Waals surface area (Å²) in [7, 11) is 0. The highest BCUT2D eigenvalue weighted by atomic mass is 35.5. The molecule has 0 saturated carbocycles. The summed E-state index contributed by atoms with van der Waals surface area (Å²) in [4.78, 5) is 6.78. The first-order valence-corrected chi connectivity index (χ1v) is 10.3. The van der Waals surface area contributed by atoms with Gasteiger partial charge in [-0.2, -0.15) is 0 Å². The van der Waals surface area contributed by atoms with Crippen LogP contribution in [0, 0.1) is 0 Å². The third kappa shape index (κ3) is 3.12. The molecule has 0 aliphatic carbocycles. The molecule has 2 aromatic carbocycles. The zero-order chi connectivity index (χ0) is 18.4. The third-order valence-corrected chi connectivity index (χ3v) is 6.89. The highest BCUT2D eigenvalue weighted by Gasteiger charge is 2.53. The Hall–Kier alpha value is -1.60. The van der Waals surface area contributed by atoms with E-state index in [2.05, 4.69) is 0 Å². The van der Waals surface area contributed by atoms with Gasteiger partial charge in [-0.25, -0.2) is 0 Å². The van der Waals surface area contributed by atoms with Gasteiger partial charge in [0.05, 0.1) is 5.25 Å². The predicted octanol–water partition coefficient (Wildman–Crippen LogP) is 4.58. The standard InChI is InChI=1S/C20H19ClN2O3S.ClH/c21-15-6-3-13(4-7-15)18-20(24,23-10-2-1-9-22-19(23)27-18)14-5-8-16-17(11-14)26-12-25-16;/h3-8,11,18,24H,1-2,9-10,12H2;1H. The minimum absolute atomic E-state index is 0. The zero-order valence-electron chi connectivity index (χ0n) is 15.0. The Labute approximate surface area is 179 Å². The molecule has 3 heterocycles. The molecule has 28 heavy (non-hydrogen) atoms. The van der Waals surface area contributed by atoms with Crippen LogP contribution in [0.15, 0.2) is 47.5 Å². The minimum Gasteiger partial charge on any atom is -0.454 e. The van der Waals surface area contributed by atoms with E-state index in [-0.39, 0.29) is 24.4 Å². The molecule has 2 aromatic rings. The number of nitrogens with zero attached hydrogens (tertiary/aromatic N) is 2. The maximum absolute atomic E-state index is 12.1. The molecule has 5 rings (SSSR count). The number of thioether (sulfide) groups is 1. The van der Waals surface area contributed by atoms with Gasteiger partial charge >= 0.3 is 0 Å². The molecule has 0 bridgehead atoms. The number of halogens is 2. The molecule has 0 spiro atoms. The highest BCUT2D eigenvalue weighted by molar-refractivity contribution is 8.14. The van der Waals surface area contributed by atoms with Gasteiger partial charge in [-0.15, -0.1) is 12.4 Å². The molecule has 3 aliphatic rings. The Kier molecular flexibility index (Phi) is 5.40. The van der Waals surface area contributed by atoms with Crippen LogP contribution in [-0.2, 0) is 5.72 Å². The second-order valence-corrected chi connectivity index (χ2v) is 8.38. The van der Waals surface area contributed by atoms with E-state index in [1.54, 1.807) is 11.8 Å². The Morgan fingerprint density at radius 1 is 1.11 bits per heavy atom. The summed E-state index contributed by atoms with van der Waals surface area (Å²) in [5, 5.41) is 13.5. The average Bonchev–Trinajstić information content (AvgIpc) is 3.17. The van der Waals surface area contributed by atoms with Crippen LogP contribution in [0.3, 0.4) is 0 Å². The van der Waals surface area contributed by atoms with Gasteiger partial charge in [0.2, 0.25) is 6.79 Å². The van der Waals surface area contributed by atoms with Crippen molar-refractivity contribution < 1.29 is 14.6 Å². The summed E-state index contributed by atoms with van der Waals surface area (Å²) in [5.74, 6) is 1.38. The second-order valence-electron chi connectivity index (χ2n) is 6.87. The number of hydrogen-bond donors (Lipinski definition) is 1. The van der Waals surface area contributed by atoms with E-state index in [1.807, 2.05) is 47.4 Å². The molecule has 5 nitrogen and oxygen atoms in total. The number of rotatable bonds is 2. The van der Waals surface area contributed by atoms with Crippen molar-refractivity contribution in [3.63, 3.8) is 0 Å². The fourth-order valence-corrected chi connectivity index (χ4v) is 5.44. The number of benzene rings is 2. The maximum atomic E-state index is 12.1. The molecule has 3 aliphatic heterocycles. The van der Waals surface area contributed by atoms with Crippen LogP contribution in [0.25, 0.3) is 0 Å². The van der Waals surface area contributed by atoms with E-state index in [0.717, 1.165) is 42.2 Å². The van der Waals surface area contributed by atoms with Crippen molar-refractivity contribution in [1.82, 2.24) is 4.90 Å². The van der Waals surface area contributed by atoms with Gasteiger partial charge in [-0.1, -0.05) is 41.6 Å². The van der Waals surface area contributed by atoms with Crippen LogP contribution < -0.4 is 9.47 Å². The van der Waals surface area contributed by atoms with Crippen molar-refractivity contribution in [1.29, 1.82) is 0 Å². The molecule has 1 saturated heterocycles. The molecule has 0 aromatic heterocycles. The summed E-state index contributed by atoms with van der Waals surface area (Å²) in [6.07, 6.45) is 2.02. The number of aliphatic hydroxyl groups is 1. The molecular weight excluding hydrogens is 419 g/mol. The predicted molar refractivity (Wildman–Crippen MR) is 114 cm³/mol. The lowest BCUT2D eigenvalue weighted by atomic mass is 9.92. The Balaban J connectivity index is 0.00000192. The minimum atomic E-state index is -1.22. The summed E-state index contributed by atoms with van der Waals surface area (Å²) < 4.78 is 11.0. The van der Waals surface area contributed by atoms with E-state index in [9.17, 15) is 5.11 Å². The van der Waals surface area contributed by atoms with Crippen molar-refractivity contribution >= 4 is 40.9 Å². The fraction of sp³-hybridized carbons (Fsp3) is 0.350. The molecule has 2 atom stereocenters. The van der Waals surface area contributed by atoms with Crippen molar-refractivity contribution in [3.05, 3.63) is 58.6 Å². The Morgan fingerprint density at radius 3 is 2.71 bits per heavy atom. The number of amidine groups is 1. The van der Waals surface area contributed by atoms with Gasteiger partial charge in [0.25, 0.3) is 0 Å². The van der Waals surface area contributed by atoms with Gasteiger partial charge in [0.1, 0.15) is 0 Å². The van der Waals surface area contributed by atoms with Crippen molar-refractivity contribution in [2.45, 2.75) is 23.8 Å². The van der Waals surface area contributed by atoms with Gasteiger partial charge in [-0.05, 0) is 42.7 Å². The van der Waals surface area contributed by atoms with E-state index in [4.69, 9.17) is 26.1 Å². The van der Waals surface area contributed by atoms with Crippen molar-refractivity contribution in [2.75, 3.05) is 19.9 Å². The van der Waals surface area contributed by atoms with Gasteiger partial charge < -0.3 is 19.5 Å². The SMILES string of the molecule is Cl.OC1(c2ccc3c(c2)OCO3)C(c2ccc(Cl)cc2)SC2=NCCCCN21. The number of aliphatic imine (C=N–C) groups is 1. The van der Waals surface area contributed by atoms with Crippen LogP contribution in [0.5, 0.6) is 11.5 Å². The first-order valence-electron chi connectivity index (χ1n) is 9.03. The van der Waals surface area contributed by atoms with Crippen LogP contribution in [0.4, 0.5) is 0 Å². The fourth-order valence-electron chi connectivity index (χ4n) is 3.85. The monoisotopic (exact) mass is 438 g/mol. The number of hydrogen-bond acceptors (Lipinski definition) is 6.